The number of nitrogens with zero attached hydrogens (tertiary/aromatic N) is 1. The van der Waals surface area contributed by atoms with Gasteiger partial charge in [0, 0.05) is 25.7 Å². The molecule has 1 aromatic heterocycles. The van der Waals surface area contributed by atoms with Gasteiger partial charge in [0.2, 0.25) is 0 Å². The summed E-state index contributed by atoms with van der Waals surface area (Å²) < 4.78 is 4.90. The number of carbonyl (C=O) groups is 1. The molecule has 0 aromatic carbocycles. The Balaban J connectivity index is 2.91. The third-order valence-corrected chi connectivity index (χ3v) is 2.85. The highest BCUT2D eigenvalue weighted by Gasteiger charge is 2.21. The van der Waals surface area contributed by atoms with Gasteiger partial charge >= 0.3 is 0 Å². The zero-order chi connectivity index (χ0) is 15.3. The van der Waals surface area contributed by atoms with Gasteiger partial charge in [-0.15, -0.1) is 0 Å². The highest BCUT2D eigenvalue weighted by molar-refractivity contribution is 5.94. The van der Waals surface area contributed by atoms with Crippen LogP contribution in [0.2, 0.25) is 0 Å². The van der Waals surface area contributed by atoms with E-state index in [0.29, 0.717) is 31.1 Å². The molecular formula is C14H23N3O3. The molecule has 1 rings (SSSR count). The van der Waals surface area contributed by atoms with Crippen molar-refractivity contribution in [2.45, 2.75) is 39.5 Å². The molecule has 2 N–H and O–H groups in total. The lowest BCUT2D eigenvalue weighted by molar-refractivity contribution is 0.0945. The van der Waals surface area contributed by atoms with Crippen LogP contribution in [-0.4, -0.2) is 36.1 Å². The van der Waals surface area contributed by atoms with Crippen molar-refractivity contribution in [2.24, 2.45) is 0 Å². The van der Waals surface area contributed by atoms with Crippen LogP contribution in [0.5, 0.6) is 0 Å². The molecule has 0 aliphatic rings. The Kier molecular flexibility index (Phi) is 5.44. The Morgan fingerprint density at radius 3 is 2.55 bits per heavy atom. The Bertz CT molecular complexity index is 529. The van der Waals surface area contributed by atoms with Crippen LogP contribution in [0, 0.1) is 6.92 Å². The summed E-state index contributed by atoms with van der Waals surface area (Å²) in [6, 6.07) is 0. The quantitative estimate of drug-likeness (QED) is 0.793. The predicted molar refractivity (Wildman–Crippen MR) is 77.1 cm³/mol. The van der Waals surface area contributed by atoms with Crippen molar-refractivity contribution in [1.29, 1.82) is 0 Å². The summed E-state index contributed by atoms with van der Waals surface area (Å²) >= 11 is 0. The Morgan fingerprint density at radius 1 is 1.40 bits per heavy atom. The van der Waals surface area contributed by atoms with Gasteiger partial charge in [0.25, 0.3) is 11.5 Å². The first-order valence-electron chi connectivity index (χ1n) is 6.66. The highest BCUT2D eigenvalue weighted by Crippen LogP contribution is 2.17. The predicted octanol–water partition coefficient (Wildman–Crippen LogP) is 1.14. The van der Waals surface area contributed by atoms with Crippen molar-refractivity contribution < 1.29 is 9.53 Å². The number of rotatable bonds is 5. The molecule has 0 fully saturated rings. The fourth-order valence-corrected chi connectivity index (χ4v) is 1.72. The van der Waals surface area contributed by atoms with Gasteiger partial charge in [-0.2, -0.15) is 0 Å². The molecule has 6 nitrogen and oxygen atoms in total. The van der Waals surface area contributed by atoms with Crippen LogP contribution < -0.4 is 10.9 Å². The van der Waals surface area contributed by atoms with Crippen molar-refractivity contribution >= 4 is 5.91 Å². The van der Waals surface area contributed by atoms with E-state index in [2.05, 4.69) is 15.3 Å². The van der Waals surface area contributed by atoms with E-state index in [1.54, 1.807) is 14.0 Å². The van der Waals surface area contributed by atoms with E-state index in [1.807, 2.05) is 20.8 Å². The second-order valence-electron chi connectivity index (χ2n) is 5.73. The van der Waals surface area contributed by atoms with E-state index in [9.17, 15) is 9.59 Å². The van der Waals surface area contributed by atoms with Crippen LogP contribution in [0.4, 0.5) is 0 Å². The molecule has 0 atom stereocenters. The number of carbonyl (C=O) groups excluding carboxylic acids is 1. The minimum Gasteiger partial charge on any atom is -0.385 e. The first-order valence-corrected chi connectivity index (χ1v) is 6.66. The second-order valence-corrected chi connectivity index (χ2v) is 5.73. The fourth-order valence-electron chi connectivity index (χ4n) is 1.72. The minimum atomic E-state index is -0.397. The normalized spacial score (nSPS) is 11.4. The van der Waals surface area contributed by atoms with E-state index >= 15 is 0 Å². The molecule has 0 unspecified atom stereocenters. The number of H-pyrrole nitrogens is 1. The van der Waals surface area contributed by atoms with Crippen LogP contribution in [0.15, 0.2) is 4.79 Å². The third-order valence-electron chi connectivity index (χ3n) is 2.85. The molecular weight excluding hydrogens is 258 g/mol. The largest absolute Gasteiger partial charge is 0.385 e. The topological polar surface area (TPSA) is 84.1 Å². The monoisotopic (exact) mass is 281 g/mol. The van der Waals surface area contributed by atoms with E-state index in [1.165, 1.54) is 0 Å². The summed E-state index contributed by atoms with van der Waals surface area (Å²) in [5.41, 5.74) is -0.137. The maximum absolute atomic E-state index is 12.1. The fraction of sp³-hybridized carbons (Fsp3) is 0.643. The molecule has 0 aliphatic heterocycles. The van der Waals surface area contributed by atoms with Gasteiger partial charge in [0.1, 0.15) is 11.4 Å². The SMILES string of the molecule is COCCCNC(=O)c1c(C)nc(C(C)(C)C)[nH]c1=O. The molecule has 0 saturated carbocycles. The van der Waals surface area contributed by atoms with Gasteiger partial charge in [0.05, 0.1) is 5.69 Å². The zero-order valence-corrected chi connectivity index (χ0v) is 12.8. The Hall–Kier alpha value is -1.69. The molecule has 0 spiro atoms. The number of methoxy groups -OCH3 is 1. The summed E-state index contributed by atoms with van der Waals surface area (Å²) in [5.74, 6) is 0.184. The third kappa shape index (κ3) is 4.16. The number of hydrogen-bond acceptors (Lipinski definition) is 4. The zero-order valence-electron chi connectivity index (χ0n) is 12.8. The van der Waals surface area contributed by atoms with Gasteiger partial charge in [-0.1, -0.05) is 20.8 Å². The molecule has 1 amide bonds. The van der Waals surface area contributed by atoms with Crippen LogP contribution in [0.1, 0.15) is 49.1 Å². The lowest BCUT2D eigenvalue weighted by Crippen LogP contribution is -2.34. The average Bonchev–Trinajstić information content (AvgIpc) is 2.32. The molecule has 0 radical (unpaired) electrons. The lowest BCUT2D eigenvalue weighted by atomic mass is 9.95. The maximum Gasteiger partial charge on any atom is 0.264 e. The molecule has 0 bridgehead atoms. The standard InChI is InChI=1S/C14H23N3O3/c1-9-10(11(18)15-7-6-8-20-5)12(19)17-13(16-9)14(2,3)4/h6-8H2,1-5H3,(H,15,18)(H,16,17,19). The second kappa shape index (κ2) is 6.65. The summed E-state index contributed by atoms with van der Waals surface area (Å²) in [6.45, 7) is 8.57. The van der Waals surface area contributed by atoms with Gasteiger partial charge in [-0.25, -0.2) is 4.98 Å². The van der Waals surface area contributed by atoms with Gasteiger partial charge in [0.15, 0.2) is 0 Å². The smallest absolute Gasteiger partial charge is 0.264 e. The van der Waals surface area contributed by atoms with Gasteiger partial charge < -0.3 is 15.0 Å². The maximum atomic E-state index is 12.1. The average molecular weight is 281 g/mol. The number of amides is 1. The van der Waals surface area contributed by atoms with Crippen molar-refractivity contribution in [3.05, 3.63) is 27.4 Å². The Morgan fingerprint density at radius 2 is 2.05 bits per heavy atom. The van der Waals surface area contributed by atoms with Gasteiger partial charge in [-0.3, -0.25) is 9.59 Å². The highest BCUT2D eigenvalue weighted by atomic mass is 16.5. The molecule has 0 saturated heterocycles. The number of aryl methyl sites for hydroxylation is 1. The number of ether oxygens (including phenoxy) is 1. The van der Waals surface area contributed by atoms with E-state index in [4.69, 9.17) is 4.74 Å². The summed E-state index contributed by atoms with van der Waals surface area (Å²) in [4.78, 5) is 31.1. The van der Waals surface area contributed by atoms with Crippen molar-refractivity contribution in [3.63, 3.8) is 0 Å². The molecule has 0 aliphatic carbocycles. The molecule has 112 valence electrons. The Labute approximate surface area is 119 Å². The van der Waals surface area contributed by atoms with Crippen LogP contribution in [0.3, 0.4) is 0 Å². The van der Waals surface area contributed by atoms with Crippen molar-refractivity contribution in [3.8, 4) is 0 Å². The molecule has 1 heterocycles. The molecule has 1 aromatic rings. The van der Waals surface area contributed by atoms with Crippen LogP contribution in [0.25, 0.3) is 0 Å². The van der Waals surface area contributed by atoms with Crippen LogP contribution >= 0.6 is 0 Å². The van der Waals surface area contributed by atoms with Crippen molar-refractivity contribution in [1.82, 2.24) is 15.3 Å². The number of aromatic nitrogens is 2. The number of aromatic amines is 1. The van der Waals surface area contributed by atoms with Crippen LogP contribution in [-0.2, 0) is 10.2 Å². The molecule has 20 heavy (non-hydrogen) atoms. The minimum absolute atomic E-state index is 0.0791. The first kappa shape index (κ1) is 16.4. The number of hydrogen-bond donors (Lipinski definition) is 2. The van der Waals surface area contributed by atoms with Crippen molar-refractivity contribution in [2.75, 3.05) is 20.3 Å². The number of nitrogens with one attached hydrogen (secondary N) is 2. The first-order chi connectivity index (χ1) is 9.27. The summed E-state index contributed by atoms with van der Waals surface area (Å²) in [6.07, 6.45) is 0.701. The van der Waals surface area contributed by atoms with Gasteiger partial charge in [-0.05, 0) is 13.3 Å². The lowest BCUT2D eigenvalue weighted by Gasteiger charge is -2.18. The summed E-state index contributed by atoms with van der Waals surface area (Å²) in [5, 5.41) is 2.69. The summed E-state index contributed by atoms with van der Waals surface area (Å²) in [7, 11) is 1.60. The van der Waals surface area contributed by atoms with E-state index in [0.717, 1.165) is 0 Å². The molecule has 6 heteroatoms. The van der Waals surface area contributed by atoms with E-state index < -0.39 is 11.5 Å². The van der Waals surface area contributed by atoms with E-state index in [-0.39, 0.29) is 11.0 Å².